The van der Waals surface area contributed by atoms with Crippen molar-refractivity contribution in [3.05, 3.63) is 29.3 Å². The van der Waals surface area contributed by atoms with Crippen LogP contribution in [0.1, 0.15) is 37.8 Å². The predicted octanol–water partition coefficient (Wildman–Crippen LogP) is 3.36. The maximum atomic E-state index is 5.10. The number of hydrogen-bond acceptors (Lipinski definition) is 3. The van der Waals surface area contributed by atoms with Crippen LogP contribution in [0.2, 0.25) is 0 Å². The molecule has 0 unspecified atom stereocenters. The minimum atomic E-state index is 0.498. The number of benzene rings is 1. The molecule has 2 rings (SSSR count). The summed E-state index contributed by atoms with van der Waals surface area (Å²) in [4.78, 5) is 2.55. The molecule has 3 heteroatoms. The smallest absolute Gasteiger partial charge is 0.0587 e. The molecule has 0 bridgehead atoms. The van der Waals surface area contributed by atoms with Crippen LogP contribution in [0.3, 0.4) is 0 Å². The fraction of sp³-hybridized carbons (Fsp3) is 0.667. The highest BCUT2D eigenvalue weighted by Gasteiger charge is 2.26. The lowest BCUT2D eigenvalue weighted by Crippen LogP contribution is -2.38. The molecule has 1 aromatic rings. The minimum Gasteiger partial charge on any atom is -0.383 e. The van der Waals surface area contributed by atoms with E-state index in [2.05, 4.69) is 49.2 Å². The van der Waals surface area contributed by atoms with Crippen LogP contribution in [-0.2, 0) is 11.3 Å². The third kappa shape index (κ3) is 4.72. The molecule has 0 saturated carbocycles. The van der Waals surface area contributed by atoms with Crippen LogP contribution in [0, 0.1) is 12.3 Å². The van der Waals surface area contributed by atoms with Crippen molar-refractivity contribution >= 4 is 5.69 Å². The Labute approximate surface area is 129 Å². The largest absolute Gasteiger partial charge is 0.383 e. The van der Waals surface area contributed by atoms with Gasteiger partial charge < -0.3 is 15.0 Å². The molecule has 0 aromatic heterocycles. The Hall–Kier alpha value is -1.06. The molecule has 1 saturated heterocycles. The molecule has 1 aliphatic heterocycles. The normalized spacial score (nSPS) is 18.0. The van der Waals surface area contributed by atoms with Crippen molar-refractivity contribution in [2.75, 3.05) is 38.3 Å². The van der Waals surface area contributed by atoms with Crippen molar-refractivity contribution in [3.63, 3.8) is 0 Å². The molecule has 1 heterocycles. The van der Waals surface area contributed by atoms with Crippen molar-refractivity contribution in [2.45, 2.75) is 40.2 Å². The van der Waals surface area contributed by atoms with E-state index >= 15 is 0 Å². The van der Waals surface area contributed by atoms with E-state index in [1.807, 2.05) is 0 Å². The van der Waals surface area contributed by atoms with Gasteiger partial charge in [0, 0.05) is 39.0 Å². The van der Waals surface area contributed by atoms with Gasteiger partial charge in [-0.25, -0.2) is 0 Å². The third-order valence-electron chi connectivity index (χ3n) is 4.49. The Morgan fingerprint density at radius 3 is 2.62 bits per heavy atom. The molecule has 0 radical (unpaired) electrons. The molecule has 0 amide bonds. The van der Waals surface area contributed by atoms with E-state index in [1.54, 1.807) is 7.11 Å². The highest BCUT2D eigenvalue weighted by atomic mass is 16.5. The molecule has 118 valence electrons. The van der Waals surface area contributed by atoms with Gasteiger partial charge in [-0.1, -0.05) is 31.5 Å². The van der Waals surface area contributed by atoms with Crippen molar-refractivity contribution in [3.8, 4) is 0 Å². The van der Waals surface area contributed by atoms with E-state index in [0.717, 1.165) is 19.7 Å². The standard InChI is InChI=1S/C18H30N2O/c1-15-5-6-17(16(13-15)14-19-9-12-21-4)20-10-7-18(2,3)8-11-20/h5-6,13,19H,7-12,14H2,1-4H3. The zero-order chi connectivity index (χ0) is 15.3. The summed E-state index contributed by atoms with van der Waals surface area (Å²) in [7, 11) is 1.75. The van der Waals surface area contributed by atoms with Gasteiger partial charge in [-0.15, -0.1) is 0 Å². The van der Waals surface area contributed by atoms with E-state index in [4.69, 9.17) is 4.74 Å². The summed E-state index contributed by atoms with van der Waals surface area (Å²) in [5, 5.41) is 3.47. The van der Waals surface area contributed by atoms with E-state index in [0.29, 0.717) is 5.41 Å². The number of nitrogens with one attached hydrogen (secondary N) is 1. The van der Waals surface area contributed by atoms with Gasteiger partial charge in [0.05, 0.1) is 6.61 Å². The molecule has 1 aromatic carbocycles. The van der Waals surface area contributed by atoms with Crippen molar-refractivity contribution in [2.24, 2.45) is 5.41 Å². The summed E-state index contributed by atoms with van der Waals surface area (Å²) in [6.07, 6.45) is 2.55. The average molecular weight is 290 g/mol. The molecular formula is C18H30N2O. The monoisotopic (exact) mass is 290 g/mol. The summed E-state index contributed by atoms with van der Waals surface area (Å²) in [6.45, 7) is 11.8. The number of aryl methyl sites for hydroxylation is 1. The maximum Gasteiger partial charge on any atom is 0.0587 e. The molecule has 0 spiro atoms. The highest BCUT2D eigenvalue weighted by molar-refractivity contribution is 5.55. The summed E-state index contributed by atoms with van der Waals surface area (Å²) >= 11 is 0. The molecule has 0 aliphatic carbocycles. The van der Waals surface area contributed by atoms with Crippen molar-refractivity contribution < 1.29 is 4.74 Å². The number of nitrogens with zero attached hydrogens (tertiary/aromatic N) is 1. The zero-order valence-corrected chi connectivity index (χ0v) is 14.0. The average Bonchev–Trinajstić information content (AvgIpc) is 2.44. The van der Waals surface area contributed by atoms with Gasteiger partial charge in [-0.2, -0.15) is 0 Å². The third-order valence-corrected chi connectivity index (χ3v) is 4.49. The SMILES string of the molecule is COCCNCc1cc(C)ccc1N1CCC(C)(C)CC1. The van der Waals surface area contributed by atoms with Crippen LogP contribution < -0.4 is 10.2 Å². The zero-order valence-electron chi connectivity index (χ0n) is 14.0. The second-order valence-electron chi connectivity index (χ2n) is 6.95. The first-order chi connectivity index (χ1) is 10.0. The van der Waals surface area contributed by atoms with Crippen LogP contribution in [0.15, 0.2) is 18.2 Å². The number of ether oxygens (including phenoxy) is 1. The molecule has 1 fully saturated rings. The molecule has 3 nitrogen and oxygen atoms in total. The van der Waals surface area contributed by atoms with Gasteiger partial charge in [-0.05, 0) is 36.8 Å². The summed E-state index contributed by atoms with van der Waals surface area (Å²) in [5.41, 5.74) is 4.64. The Morgan fingerprint density at radius 1 is 1.24 bits per heavy atom. The lowest BCUT2D eigenvalue weighted by molar-refractivity contribution is 0.199. The van der Waals surface area contributed by atoms with Gasteiger partial charge in [-0.3, -0.25) is 0 Å². The summed E-state index contributed by atoms with van der Waals surface area (Å²) < 4.78 is 5.10. The van der Waals surface area contributed by atoms with Crippen LogP contribution >= 0.6 is 0 Å². The lowest BCUT2D eigenvalue weighted by atomic mass is 9.82. The highest BCUT2D eigenvalue weighted by Crippen LogP contribution is 2.33. The lowest BCUT2D eigenvalue weighted by Gasteiger charge is -2.39. The molecule has 21 heavy (non-hydrogen) atoms. The quantitative estimate of drug-likeness (QED) is 0.813. The Kier molecular flexibility index (Phi) is 5.65. The van der Waals surface area contributed by atoms with Gasteiger partial charge >= 0.3 is 0 Å². The first-order valence-corrected chi connectivity index (χ1v) is 8.06. The number of hydrogen-bond donors (Lipinski definition) is 1. The minimum absolute atomic E-state index is 0.498. The second-order valence-corrected chi connectivity index (χ2v) is 6.95. The number of rotatable bonds is 6. The van der Waals surface area contributed by atoms with Gasteiger partial charge in [0.1, 0.15) is 0 Å². The second kappa shape index (κ2) is 7.28. The molecule has 1 aliphatic rings. The molecule has 1 N–H and O–H groups in total. The Bertz CT molecular complexity index is 447. The van der Waals surface area contributed by atoms with Crippen LogP contribution in [0.5, 0.6) is 0 Å². The predicted molar refractivity (Wildman–Crippen MR) is 90.0 cm³/mol. The van der Waals surface area contributed by atoms with E-state index in [1.165, 1.54) is 42.7 Å². The molecule has 0 atom stereocenters. The molecular weight excluding hydrogens is 260 g/mol. The summed E-state index contributed by atoms with van der Waals surface area (Å²) in [5.74, 6) is 0. The number of anilines is 1. The van der Waals surface area contributed by atoms with Crippen LogP contribution in [-0.4, -0.2) is 33.4 Å². The Morgan fingerprint density at radius 2 is 1.95 bits per heavy atom. The maximum absolute atomic E-state index is 5.10. The van der Waals surface area contributed by atoms with Crippen molar-refractivity contribution in [1.82, 2.24) is 5.32 Å². The fourth-order valence-electron chi connectivity index (χ4n) is 2.91. The van der Waals surface area contributed by atoms with Gasteiger partial charge in [0.15, 0.2) is 0 Å². The van der Waals surface area contributed by atoms with E-state index in [-0.39, 0.29) is 0 Å². The van der Waals surface area contributed by atoms with Crippen molar-refractivity contribution in [1.29, 1.82) is 0 Å². The van der Waals surface area contributed by atoms with Gasteiger partial charge in [0.25, 0.3) is 0 Å². The Balaban J connectivity index is 2.04. The van der Waals surface area contributed by atoms with E-state index < -0.39 is 0 Å². The van der Waals surface area contributed by atoms with Crippen LogP contribution in [0.25, 0.3) is 0 Å². The topological polar surface area (TPSA) is 24.5 Å². The van der Waals surface area contributed by atoms with Gasteiger partial charge in [0.2, 0.25) is 0 Å². The number of piperidine rings is 1. The fourth-order valence-corrected chi connectivity index (χ4v) is 2.91. The first-order valence-electron chi connectivity index (χ1n) is 8.06. The van der Waals surface area contributed by atoms with Crippen LogP contribution in [0.4, 0.5) is 5.69 Å². The summed E-state index contributed by atoms with van der Waals surface area (Å²) in [6, 6.07) is 6.84. The first kappa shape index (κ1) is 16.3. The number of methoxy groups -OCH3 is 1. The van der Waals surface area contributed by atoms with E-state index in [9.17, 15) is 0 Å².